The topological polar surface area (TPSA) is 29.5 Å². The van der Waals surface area contributed by atoms with Gasteiger partial charge in [0, 0.05) is 12.6 Å². The van der Waals surface area contributed by atoms with Gasteiger partial charge in [0.05, 0.1) is 0 Å². The Hall–Kier alpha value is -1.51. The molecular weight excluding hydrogens is 262 g/mol. The number of carbonyl (C=O) groups is 1. The molecule has 1 aliphatic carbocycles. The molecule has 0 radical (unpaired) electrons. The lowest BCUT2D eigenvalue weighted by atomic mass is 9.93. The number of benzene rings is 1. The first-order valence-corrected chi connectivity index (χ1v) is 8.28. The first kappa shape index (κ1) is 15.9. The number of carbonyl (C=O) groups excluding carboxylic acids is 1. The number of rotatable bonds is 6. The molecule has 1 aromatic rings. The van der Waals surface area contributed by atoms with Crippen LogP contribution in [0.4, 0.5) is 0 Å². The highest BCUT2D eigenvalue weighted by molar-refractivity contribution is 5.81. The molecule has 0 aliphatic heterocycles. The summed E-state index contributed by atoms with van der Waals surface area (Å²) in [5, 5.41) is 0. The molecule has 1 aromatic carbocycles. The van der Waals surface area contributed by atoms with Crippen LogP contribution in [0.2, 0.25) is 0 Å². The second-order valence-corrected chi connectivity index (χ2v) is 5.74. The normalized spacial score (nSPS) is 17.2. The van der Waals surface area contributed by atoms with E-state index in [0.29, 0.717) is 12.5 Å². The van der Waals surface area contributed by atoms with Crippen LogP contribution >= 0.6 is 0 Å². The van der Waals surface area contributed by atoms with Crippen LogP contribution in [-0.2, 0) is 4.79 Å². The van der Waals surface area contributed by atoms with Gasteiger partial charge in [-0.05, 0) is 38.3 Å². The maximum atomic E-state index is 12.8. The summed E-state index contributed by atoms with van der Waals surface area (Å²) in [6.45, 7) is 4.86. The summed E-state index contributed by atoms with van der Waals surface area (Å²) in [6, 6.07) is 10.1. The third-order valence-electron chi connectivity index (χ3n) is 4.31. The Morgan fingerprint density at radius 2 is 1.86 bits per heavy atom. The molecule has 1 atom stereocenters. The van der Waals surface area contributed by atoms with Gasteiger partial charge < -0.3 is 9.64 Å². The van der Waals surface area contributed by atoms with Crippen LogP contribution in [0.1, 0.15) is 52.4 Å². The summed E-state index contributed by atoms with van der Waals surface area (Å²) in [6.07, 6.45) is 6.41. The van der Waals surface area contributed by atoms with Crippen molar-refractivity contribution in [3.63, 3.8) is 0 Å². The van der Waals surface area contributed by atoms with E-state index in [9.17, 15) is 4.79 Å². The van der Waals surface area contributed by atoms with Crippen LogP contribution < -0.4 is 4.74 Å². The SMILES string of the molecule is CC[C@@H](Oc1ccccc1)C(=O)N(CC)C1CCCCC1. The van der Waals surface area contributed by atoms with Crippen LogP contribution in [0, 0.1) is 0 Å². The minimum absolute atomic E-state index is 0.149. The number of hydrogen-bond donors (Lipinski definition) is 0. The van der Waals surface area contributed by atoms with E-state index >= 15 is 0 Å². The van der Waals surface area contributed by atoms with Gasteiger partial charge >= 0.3 is 0 Å². The predicted octanol–water partition coefficient (Wildman–Crippen LogP) is 4.03. The van der Waals surface area contributed by atoms with Gasteiger partial charge in [-0.1, -0.05) is 44.4 Å². The Labute approximate surface area is 128 Å². The molecule has 1 amide bonds. The molecule has 0 bridgehead atoms. The first-order valence-electron chi connectivity index (χ1n) is 8.28. The quantitative estimate of drug-likeness (QED) is 0.791. The minimum atomic E-state index is -0.366. The Kier molecular flexibility index (Phi) is 6.09. The largest absolute Gasteiger partial charge is 0.481 e. The molecule has 1 fully saturated rings. The molecule has 0 aromatic heterocycles. The van der Waals surface area contributed by atoms with Crippen molar-refractivity contribution in [1.29, 1.82) is 0 Å². The Morgan fingerprint density at radius 1 is 1.19 bits per heavy atom. The van der Waals surface area contributed by atoms with E-state index in [1.807, 2.05) is 42.2 Å². The van der Waals surface area contributed by atoms with Crippen molar-refractivity contribution in [2.75, 3.05) is 6.54 Å². The zero-order chi connectivity index (χ0) is 15.1. The van der Waals surface area contributed by atoms with Crippen LogP contribution in [0.3, 0.4) is 0 Å². The summed E-state index contributed by atoms with van der Waals surface area (Å²) < 4.78 is 5.91. The fraction of sp³-hybridized carbons (Fsp3) is 0.611. The Balaban J connectivity index is 2.03. The zero-order valence-electron chi connectivity index (χ0n) is 13.3. The fourth-order valence-electron chi connectivity index (χ4n) is 3.14. The van der Waals surface area contributed by atoms with Gasteiger partial charge in [-0.3, -0.25) is 4.79 Å². The molecule has 1 aliphatic rings. The van der Waals surface area contributed by atoms with E-state index in [4.69, 9.17) is 4.74 Å². The van der Waals surface area contributed by atoms with E-state index in [2.05, 4.69) is 6.92 Å². The fourth-order valence-corrected chi connectivity index (χ4v) is 3.14. The molecule has 0 saturated heterocycles. The van der Waals surface area contributed by atoms with Crippen molar-refractivity contribution < 1.29 is 9.53 Å². The van der Waals surface area contributed by atoms with Crippen molar-refractivity contribution in [2.24, 2.45) is 0 Å². The molecule has 0 unspecified atom stereocenters. The third-order valence-corrected chi connectivity index (χ3v) is 4.31. The molecule has 0 spiro atoms. The number of para-hydroxylation sites is 1. The third kappa shape index (κ3) is 4.23. The standard InChI is InChI=1S/C18H27NO2/c1-3-17(21-16-13-9-6-10-14-16)18(20)19(4-2)15-11-7-5-8-12-15/h6,9-10,13-15,17H,3-5,7-8,11-12H2,1-2H3/t17-/m1/s1. The minimum Gasteiger partial charge on any atom is -0.481 e. The molecule has 3 heteroatoms. The number of ether oxygens (including phenoxy) is 1. The highest BCUT2D eigenvalue weighted by atomic mass is 16.5. The zero-order valence-corrected chi connectivity index (χ0v) is 13.3. The van der Waals surface area contributed by atoms with Crippen molar-refractivity contribution in [3.8, 4) is 5.75 Å². The maximum Gasteiger partial charge on any atom is 0.263 e. The lowest BCUT2D eigenvalue weighted by molar-refractivity contribution is -0.141. The van der Waals surface area contributed by atoms with Crippen molar-refractivity contribution in [1.82, 2.24) is 4.90 Å². The predicted molar refractivity (Wildman–Crippen MR) is 85.4 cm³/mol. The van der Waals surface area contributed by atoms with Crippen molar-refractivity contribution in [3.05, 3.63) is 30.3 Å². The van der Waals surface area contributed by atoms with Gasteiger partial charge in [-0.15, -0.1) is 0 Å². The first-order chi connectivity index (χ1) is 10.3. The molecule has 2 rings (SSSR count). The van der Waals surface area contributed by atoms with Gasteiger partial charge in [-0.25, -0.2) is 0 Å². The molecule has 21 heavy (non-hydrogen) atoms. The van der Waals surface area contributed by atoms with Crippen molar-refractivity contribution in [2.45, 2.75) is 64.5 Å². The molecule has 3 nitrogen and oxygen atoms in total. The second kappa shape index (κ2) is 8.06. The molecule has 0 N–H and O–H groups in total. The molecule has 1 saturated carbocycles. The number of hydrogen-bond acceptors (Lipinski definition) is 2. The van der Waals surface area contributed by atoms with Gasteiger partial charge in [0.25, 0.3) is 5.91 Å². The monoisotopic (exact) mass is 289 g/mol. The summed E-state index contributed by atoms with van der Waals surface area (Å²) >= 11 is 0. The Bertz CT molecular complexity index is 426. The second-order valence-electron chi connectivity index (χ2n) is 5.74. The van der Waals surface area contributed by atoms with Gasteiger partial charge in [0.15, 0.2) is 6.10 Å². The van der Waals surface area contributed by atoms with Crippen LogP contribution in [0.15, 0.2) is 30.3 Å². The smallest absolute Gasteiger partial charge is 0.263 e. The van der Waals surface area contributed by atoms with Gasteiger partial charge in [-0.2, -0.15) is 0 Å². The highest BCUT2D eigenvalue weighted by Gasteiger charge is 2.29. The van der Waals surface area contributed by atoms with E-state index in [1.54, 1.807) is 0 Å². The lowest BCUT2D eigenvalue weighted by Crippen LogP contribution is -2.47. The van der Waals surface area contributed by atoms with Crippen LogP contribution in [-0.4, -0.2) is 29.5 Å². The molecular formula is C18H27NO2. The highest BCUT2D eigenvalue weighted by Crippen LogP contribution is 2.24. The average Bonchev–Trinajstić information content (AvgIpc) is 2.55. The van der Waals surface area contributed by atoms with Crippen LogP contribution in [0.25, 0.3) is 0 Å². The summed E-state index contributed by atoms with van der Waals surface area (Å²) in [5.74, 6) is 0.924. The Morgan fingerprint density at radius 3 is 2.43 bits per heavy atom. The molecule has 0 heterocycles. The summed E-state index contributed by atoms with van der Waals surface area (Å²) in [4.78, 5) is 14.8. The summed E-state index contributed by atoms with van der Waals surface area (Å²) in [5.41, 5.74) is 0. The number of nitrogens with zero attached hydrogens (tertiary/aromatic N) is 1. The van der Waals surface area contributed by atoms with Gasteiger partial charge in [0.1, 0.15) is 5.75 Å². The van der Waals surface area contributed by atoms with Crippen molar-refractivity contribution >= 4 is 5.91 Å². The number of likely N-dealkylation sites (N-methyl/N-ethyl adjacent to an activating group) is 1. The lowest BCUT2D eigenvalue weighted by Gasteiger charge is -2.35. The van der Waals surface area contributed by atoms with E-state index in [-0.39, 0.29) is 12.0 Å². The molecule has 116 valence electrons. The summed E-state index contributed by atoms with van der Waals surface area (Å²) in [7, 11) is 0. The van der Waals surface area contributed by atoms with E-state index in [0.717, 1.165) is 25.1 Å². The maximum absolute atomic E-state index is 12.8. The average molecular weight is 289 g/mol. The van der Waals surface area contributed by atoms with E-state index in [1.165, 1.54) is 19.3 Å². The van der Waals surface area contributed by atoms with E-state index < -0.39 is 0 Å². The van der Waals surface area contributed by atoms with Gasteiger partial charge in [0.2, 0.25) is 0 Å². The number of amides is 1. The van der Waals surface area contributed by atoms with Crippen LogP contribution in [0.5, 0.6) is 5.75 Å².